The Morgan fingerprint density at radius 3 is 2.54 bits per heavy atom. The lowest BCUT2D eigenvalue weighted by molar-refractivity contribution is -0.155. The van der Waals surface area contributed by atoms with Gasteiger partial charge in [0.1, 0.15) is 11.4 Å². The van der Waals surface area contributed by atoms with Crippen molar-refractivity contribution in [2.24, 2.45) is 5.92 Å². The van der Waals surface area contributed by atoms with Crippen LogP contribution in [0.3, 0.4) is 0 Å². The number of aromatic nitrogens is 4. The number of nitrogens with zero attached hydrogens (tertiary/aromatic N) is 4. The molecule has 2 rings (SSSR count). The molecule has 0 radical (unpaired) electrons. The van der Waals surface area contributed by atoms with E-state index in [0.717, 1.165) is 24.3 Å². The van der Waals surface area contributed by atoms with Crippen molar-refractivity contribution in [2.75, 3.05) is 6.61 Å². The topological polar surface area (TPSA) is 79.1 Å². The molecule has 1 atom stereocenters. The van der Waals surface area contributed by atoms with Gasteiger partial charge in [-0.15, -0.1) is 10.2 Å². The van der Waals surface area contributed by atoms with Gasteiger partial charge in [0.05, 0.1) is 13.2 Å². The predicted octanol–water partition coefficient (Wildman–Crippen LogP) is 4.28. The maximum absolute atomic E-state index is 11.9. The molecule has 2 aromatic rings. The van der Waals surface area contributed by atoms with Crippen molar-refractivity contribution in [2.45, 2.75) is 72.4 Å². The van der Waals surface area contributed by atoms with Crippen molar-refractivity contribution in [1.82, 2.24) is 20.2 Å². The van der Waals surface area contributed by atoms with Crippen LogP contribution in [0.5, 0.6) is 5.75 Å². The van der Waals surface area contributed by atoms with Crippen molar-refractivity contribution < 1.29 is 14.3 Å². The Labute approximate surface area is 167 Å². The van der Waals surface area contributed by atoms with Gasteiger partial charge < -0.3 is 9.47 Å². The van der Waals surface area contributed by atoms with Gasteiger partial charge >= 0.3 is 5.97 Å². The molecular formula is C21H32N4O3. The highest BCUT2D eigenvalue weighted by molar-refractivity contribution is 5.70. The number of rotatable bonds is 10. The molecule has 0 spiro atoms. The molecule has 0 aliphatic carbocycles. The minimum absolute atomic E-state index is 0.0517. The first-order chi connectivity index (χ1) is 13.3. The third kappa shape index (κ3) is 7.66. The summed E-state index contributed by atoms with van der Waals surface area (Å²) in [5.41, 5.74) is 0.411. The van der Waals surface area contributed by atoms with E-state index < -0.39 is 5.60 Å². The van der Waals surface area contributed by atoms with Crippen molar-refractivity contribution in [1.29, 1.82) is 0 Å². The smallest absolute Gasteiger partial charge is 0.306 e. The van der Waals surface area contributed by atoms with Crippen molar-refractivity contribution >= 4 is 5.97 Å². The second kappa shape index (κ2) is 10.2. The number of ether oxygens (including phenoxy) is 2. The van der Waals surface area contributed by atoms with Crippen LogP contribution in [-0.2, 0) is 16.1 Å². The quantitative estimate of drug-likeness (QED) is 0.446. The second-order valence-electron chi connectivity index (χ2n) is 8.14. The zero-order valence-electron chi connectivity index (χ0n) is 17.6. The number of unbranched alkanes of at least 4 members (excludes halogenated alkanes) is 2. The van der Waals surface area contributed by atoms with Gasteiger partial charge in [0.25, 0.3) is 0 Å². The van der Waals surface area contributed by atoms with Crippen molar-refractivity contribution in [3.05, 3.63) is 24.3 Å². The van der Waals surface area contributed by atoms with E-state index in [9.17, 15) is 4.79 Å². The zero-order chi connectivity index (χ0) is 20.6. The van der Waals surface area contributed by atoms with Crippen LogP contribution in [0.1, 0.15) is 60.3 Å². The molecule has 0 amide bonds. The van der Waals surface area contributed by atoms with Gasteiger partial charge in [-0.2, -0.15) is 4.80 Å². The summed E-state index contributed by atoms with van der Waals surface area (Å²) in [5, 5.41) is 12.6. The second-order valence-corrected chi connectivity index (χ2v) is 8.14. The summed E-state index contributed by atoms with van der Waals surface area (Å²) in [6, 6.07) is 7.71. The van der Waals surface area contributed by atoms with E-state index >= 15 is 0 Å². The number of hydrogen-bond acceptors (Lipinski definition) is 6. The molecule has 0 saturated carbocycles. The molecule has 0 aliphatic heterocycles. The Hall–Kier alpha value is -2.44. The van der Waals surface area contributed by atoms with E-state index in [1.54, 1.807) is 0 Å². The summed E-state index contributed by atoms with van der Waals surface area (Å²) in [4.78, 5) is 13.5. The molecule has 0 aliphatic rings. The summed E-state index contributed by atoms with van der Waals surface area (Å²) in [6.07, 6.45) is 3.74. The molecule has 1 heterocycles. The Bertz CT molecular complexity index is 735. The normalized spacial score (nSPS) is 12.6. The van der Waals surface area contributed by atoms with Crippen LogP contribution in [0.25, 0.3) is 11.4 Å². The van der Waals surface area contributed by atoms with E-state index in [0.29, 0.717) is 18.8 Å². The van der Waals surface area contributed by atoms with E-state index in [2.05, 4.69) is 22.3 Å². The fraction of sp³-hybridized carbons (Fsp3) is 0.619. The summed E-state index contributed by atoms with van der Waals surface area (Å²) in [7, 11) is 0. The largest absolute Gasteiger partial charge is 0.494 e. The SMILES string of the molecule is CCCCCOc1ccc(-c2nnn(C[C@H](C)CC(=O)OC(C)(C)C)n2)cc1. The molecule has 1 aromatic carbocycles. The van der Waals surface area contributed by atoms with E-state index in [4.69, 9.17) is 9.47 Å². The first-order valence-electron chi connectivity index (χ1n) is 9.99. The van der Waals surface area contributed by atoms with Gasteiger partial charge in [0, 0.05) is 12.0 Å². The number of carbonyl (C=O) groups excluding carboxylic acids is 1. The van der Waals surface area contributed by atoms with Gasteiger partial charge in [-0.05, 0) is 62.6 Å². The highest BCUT2D eigenvalue weighted by Crippen LogP contribution is 2.19. The number of carbonyl (C=O) groups is 1. The molecule has 0 bridgehead atoms. The first-order valence-corrected chi connectivity index (χ1v) is 9.99. The highest BCUT2D eigenvalue weighted by atomic mass is 16.6. The van der Waals surface area contributed by atoms with Gasteiger partial charge in [0.2, 0.25) is 5.82 Å². The predicted molar refractivity (Wildman–Crippen MR) is 108 cm³/mol. The van der Waals surface area contributed by atoms with Crippen LogP contribution in [0.15, 0.2) is 24.3 Å². The maximum atomic E-state index is 11.9. The fourth-order valence-electron chi connectivity index (χ4n) is 2.69. The standard InChI is InChI=1S/C21H32N4O3/c1-6-7-8-13-27-18-11-9-17(10-12-18)20-22-24-25(23-20)15-16(2)14-19(26)28-21(3,4)5/h9-12,16H,6-8,13-15H2,1-5H3/t16-/m1/s1. The van der Waals surface area contributed by atoms with Gasteiger partial charge in [0.15, 0.2) is 0 Å². The summed E-state index contributed by atoms with van der Waals surface area (Å²) in [6.45, 7) is 11.0. The maximum Gasteiger partial charge on any atom is 0.306 e. The Morgan fingerprint density at radius 2 is 1.89 bits per heavy atom. The van der Waals surface area contributed by atoms with E-state index in [1.165, 1.54) is 17.6 Å². The minimum Gasteiger partial charge on any atom is -0.494 e. The Morgan fingerprint density at radius 1 is 1.18 bits per heavy atom. The molecule has 1 aromatic heterocycles. The van der Waals surface area contributed by atoms with Crippen molar-refractivity contribution in [3.8, 4) is 17.1 Å². The number of tetrazole rings is 1. The molecular weight excluding hydrogens is 356 g/mol. The molecule has 0 unspecified atom stereocenters. The third-order valence-corrected chi connectivity index (χ3v) is 3.99. The fourth-order valence-corrected chi connectivity index (χ4v) is 2.69. The molecule has 154 valence electrons. The molecule has 0 saturated heterocycles. The molecule has 7 heteroatoms. The van der Waals surface area contributed by atoms with Gasteiger partial charge in [-0.3, -0.25) is 4.79 Å². The summed E-state index contributed by atoms with van der Waals surface area (Å²) < 4.78 is 11.1. The number of hydrogen-bond donors (Lipinski definition) is 0. The van der Waals surface area contributed by atoms with Crippen LogP contribution in [-0.4, -0.2) is 38.4 Å². The summed E-state index contributed by atoms with van der Waals surface area (Å²) >= 11 is 0. The van der Waals surface area contributed by atoms with Gasteiger partial charge in [-0.1, -0.05) is 26.7 Å². The lowest BCUT2D eigenvalue weighted by atomic mass is 10.1. The zero-order valence-corrected chi connectivity index (χ0v) is 17.6. The van der Waals surface area contributed by atoms with E-state index in [-0.39, 0.29) is 11.9 Å². The van der Waals surface area contributed by atoms with Crippen LogP contribution < -0.4 is 4.74 Å². The Balaban J connectivity index is 1.86. The number of esters is 1. The average Bonchev–Trinajstić information content (AvgIpc) is 3.05. The highest BCUT2D eigenvalue weighted by Gasteiger charge is 2.19. The lowest BCUT2D eigenvalue weighted by Crippen LogP contribution is -2.25. The molecule has 0 fully saturated rings. The van der Waals surface area contributed by atoms with E-state index in [1.807, 2.05) is 52.0 Å². The van der Waals surface area contributed by atoms with Crippen LogP contribution in [0.4, 0.5) is 0 Å². The van der Waals surface area contributed by atoms with Crippen LogP contribution in [0.2, 0.25) is 0 Å². The average molecular weight is 389 g/mol. The molecule has 7 nitrogen and oxygen atoms in total. The van der Waals surface area contributed by atoms with Crippen LogP contribution in [0, 0.1) is 5.92 Å². The molecule has 0 N–H and O–H groups in total. The monoisotopic (exact) mass is 388 g/mol. The first kappa shape index (κ1) is 21.9. The molecule has 28 heavy (non-hydrogen) atoms. The summed E-state index contributed by atoms with van der Waals surface area (Å²) in [5.74, 6) is 1.24. The van der Waals surface area contributed by atoms with Crippen LogP contribution >= 0.6 is 0 Å². The number of benzene rings is 1. The van der Waals surface area contributed by atoms with Crippen molar-refractivity contribution in [3.63, 3.8) is 0 Å². The minimum atomic E-state index is -0.471. The lowest BCUT2D eigenvalue weighted by Gasteiger charge is -2.20. The Kier molecular flexibility index (Phi) is 7.96. The van der Waals surface area contributed by atoms with Gasteiger partial charge in [-0.25, -0.2) is 0 Å². The third-order valence-electron chi connectivity index (χ3n) is 3.99.